The molecular formula is C30H30ClN3O11. The molecule has 4 rings (SSSR count). The Bertz CT molecular complexity index is 1710. The fourth-order valence-electron chi connectivity index (χ4n) is 4.98. The molecule has 1 aliphatic rings. The van der Waals surface area contributed by atoms with Crippen LogP contribution in [0.1, 0.15) is 34.6 Å². The van der Waals surface area contributed by atoms with Crippen LogP contribution in [0.4, 0.5) is 0 Å². The van der Waals surface area contributed by atoms with Crippen molar-refractivity contribution >= 4 is 52.3 Å². The highest BCUT2D eigenvalue weighted by Gasteiger charge is 2.55. The van der Waals surface area contributed by atoms with E-state index in [0.717, 1.165) is 44.3 Å². The minimum absolute atomic E-state index is 0.0765. The highest BCUT2D eigenvalue weighted by atomic mass is 35.5. The first-order chi connectivity index (χ1) is 21.3. The van der Waals surface area contributed by atoms with Crippen LogP contribution in [0.15, 0.2) is 53.3 Å². The first-order valence-electron chi connectivity index (χ1n) is 13.7. The highest BCUT2D eigenvalue weighted by Crippen LogP contribution is 2.33. The molecule has 1 aromatic heterocycles. The Balaban J connectivity index is 2.03. The number of ether oxygens (including phenoxy) is 5. The molecule has 0 unspecified atom stereocenters. The molecule has 1 saturated heterocycles. The van der Waals surface area contributed by atoms with E-state index in [1.54, 1.807) is 42.5 Å². The maximum atomic E-state index is 14.2. The molecule has 1 fully saturated rings. The molecule has 14 nitrogen and oxygen atoms in total. The van der Waals surface area contributed by atoms with Crippen LogP contribution in [0.25, 0.3) is 22.3 Å². The van der Waals surface area contributed by atoms with Gasteiger partial charge in [0.05, 0.1) is 15.9 Å². The molecule has 3 aromatic rings. The van der Waals surface area contributed by atoms with Gasteiger partial charge in [-0.05, 0) is 24.3 Å². The second-order valence-corrected chi connectivity index (χ2v) is 10.4. The van der Waals surface area contributed by atoms with Crippen molar-refractivity contribution in [2.24, 2.45) is 0 Å². The summed E-state index contributed by atoms with van der Waals surface area (Å²) in [6, 6.07) is 12.9. The van der Waals surface area contributed by atoms with Gasteiger partial charge in [0.15, 0.2) is 30.4 Å². The molecule has 0 saturated carbocycles. The van der Waals surface area contributed by atoms with E-state index in [9.17, 15) is 28.8 Å². The normalized spacial score (nSPS) is 21.0. The summed E-state index contributed by atoms with van der Waals surface area (Å²) >= 11 is 6.53. The van der Waals surface area contributed by atoms with Crippen LogP contribution >= 0.6 is 11.6 Å². The summed E-state index contributed by atoms with van der Waals surface area (Å²) < 4.78 is 28.8. The standard InChI is InChI=1S/C30H30ClN3O11/c1-15(35)33(34-28(20-10-6-8-12-22(20)31)32-23-13-9-7-11-21(23)29(34)40)30-27(44-19(5)39)26(43-18(4)38)25(42-17(3)37)24(45-30)14-41-16(2)36/h6-13,24-27,30H,14H2,1-5H3/t24-,25-,26+,27-,30-/m1/s1. The number of para-hydroxylation sites is 1. The van der Waals surface area contributed by atoms with Crippen molar-refractivity contribution in [1.29, 1.82) is 0 Å². The molecule has 0 radical (unpaired) electrons. The lowest BCUT2D eigenvalue weighted by Gasteiger charge is -2.47. The van der Waals surface area contributed by atoms with Gasteiger partial charge in [-0.3, -0.25) is 28.8 Å². The third-order valence-electron chi connectivity index (χ3n) is 6.61. The summed E-state index contributed by atoms with van der Waals surface area (Å²) in [4.78, 5) is 81.1. The smallest absolute Gasteiger partial charge is 0.303 e. The quantitative estimate of drug-likeness (QED) is 0.260. The van der Waals surface area contributed by atoms with Gasteiger partial charge >= 0.3 is 23.9 Å². The molecule has 5 atom stereocenters. The Kier molecular flexibility index (Phi) is 10.2. The fourth-order valence-corrected chi connectivity index (χ4v) is 5.20. The summed E-state index contributed by atoms with van der Waals surface area (Å²) in [5, 5.41) is 1.15. The lowest BCUT2D eigenvalue weighted by atomic mass is 9.96. The van der Waals surface area contributed by atoms with Gasteiger partial charge in [0, 0.05) is 40.2 Å². The van der Waals surface area contributed by atoms with Crippen LogP contribution in [0.3, 0.4) is 0 Å². The van der Waals surface area contributed by atoms with Gasteiger partial charge < -0.3 is 23.7 Å². The van der Waals surface area contributed by atoms with Crippen molar-refractivity contribution in [1.82, 2.24) is 9.66 Å². The van der Waals surface area contributed by atoms with Crippen LogP contribution < -0.4 is 10.6 Å². The van der Waals surface area contributed by atoms with Gasteiger partial charge in [-0.15, -0.1) is 0 Å². The van der Waals surface area contributed by atoms with E-state index >= 15 is 0 Å². The first-order valence-corrected chi connectivity index (χ1v) is 14.0. The van der Waals surface area contributed by atoms with Gasteiger partial charge in [0.2, 0.25) is 5.91 Å². The second kappa shape index (κ2) is 13.9. The van der Waals surface area contributed by atoms with E-state index in [2.05, 4.69) is 4.98 Å². The molecule has 1 amide bonds. The zero-order chi connectivity index (χ0) is 33.0. The van der Waals surface area contributed by atoms with Gasteiger partial charge in [-0.2, -0.15) is 4.68 Å². The topological polar surface area (TPSA) is 170 Å². The number of esters is 4. The average molecular weight is 644 g/mol. The zero-order valence-corrected chi connectivity index (χ0v) is 25.7. The maximum Gasteiger partial charge on any atom is 0.303 e. The number of hydrogen-bond donors (Lipinski definition) is 0. The van der Waals surface area contributed by atoms with Crippen LogP contribution in [-0.4, -0.2) is 76.7 Å². The Labute approximate surface area is 261 Å². The summed E-state index contributed by atoms with van der Waals surface area (Å²) in [7, 11) is 0. The Morgan fingerprint density at radius 3 is 2.00 bits per heavy atom. The monoisotopic (exact) mass is 643 g/mol. The molecule has 0 N–H and O–H groups in total. The van der Waals surface area contributed by atoms with Crippen molar-refractivity contribution in [2.45, 2.75) is 65.3 Å². The third kappa shape index (κ3) is 7.29. The van der Waals surface area contributed by atoms with E-state index < -0.39 is 72.6 Å². The van der Waals surface area contributed by atoms with Crippen LogP contribution in [0, 0.1) is 0 Å². The molecule has 0 bridgehead atoms. The van der Waals surface area contributed by atoms with E-state index in [-0.39, 0.29) is 21.8 Å². The lowest BCUT2D eigenvalue weighted by Crippen LogP contribution is -2.69. The van der Waals surface area contributed by atoms with Crippen molar-refractivity contribution in [3.63, 3.8) is 0 Å². The number of carbonyl (C=O) groups excluding carboxylic acids is 5. The predicted octanol–water partition coefficient (Wildman–Crippen LogP) is 2.28. The van der Waals surface area contributed by atoms with Crippen molar-refractivity contribution in [3.05, 3.63) is 63.9 Å². The minimum atomic E-state index is -1.73. The molecular weight excluding hydrogens is 614 g/mol. The molecule has 45 heavy (non-hydrogen) atoms. The molecule has 0 aliphatic carbocycles. The van der Waals surface area contributed by atoms with Gasteiger partial charge in [0.25, 0.3) is 5.56 Å². The van der Waals surface area contributed by atoms with Crippen LogP contribution in [0.2, 0.25) is 5.02 Å². The number of halogens is 1. The zero-order valence-electron chi connectivity index (χ0n) is 24.9. The van der Waals surface area contributed by atoms with Gasteiger partial charge in [0.1, 0.15) is 12.7 Å². The largest absolute Gasteiger partial charge is 0.463 e. The summed E-state index contributed by atoms with van der Waals surface area (Å²) in [6.45, 7) is 4.92. The number of carbonyl (C=O) groups is 5. The van der Waals surface area contributed by atoms with Crippen molar-refractivity contribution in [3.8, 4) is 11.4 Å². The summed E-state index contributed by atoms with van der Waals surface area (Å²) in [5.41, 5.74) is -0.170. The number of aromatic nitrogens is 2. The number of benzene rings is 2. The fraction of sp³-hybridized carbons (Fsp3) is 0.367. The number of hydrogen-bond acceptors (Lipinski definition) is 12. The average Bonchev–Trinajstić information content (AvgIpc) is 2.95. The lowest BCUT2D eigenvalue weighted by molar-refractivity contribution is -0.254. The maximum absolute atomic E-state index is 14.2. The molecule has 1 aliphatic heterocycles. The molecule has 15 heteroatoms. The van der Waals surface area contributed by atoms with Crippen molar-refractivity contribution in [2.75, 3.05) is 11.6 Å². The number of amides is 1. The van der Waals surface area contributed by atoms with Gasteiger partial charge in [-0.25, -0.2) is 9.99 Å². The van der Waals surface area contributed by atoms with Crippen LogP contribution in [-0.2, 0) is 47.7 Å². The Morgan fingerprint density at radius 1 is 0.822 bits per heavy atom. The number of rotatable bonds is 8. The number of fused-ring (bicyclic) bond motifs is 1. The first kappa shape index (κ1) is 33.1. The van der Waals surface area contributed by atoms with E-state index in [1.165, 1.54) is 6.07 Å². The minimum Gasteiger partial charge on any atom is -0.463 e. The van der Waals surface area contributed by atoms with Gasteiger partial charge in [-0.1, -0.05) is 35.9 Å². The number of nitrogens with zero attached hydrogens (tertiary/aromatic N) is 3. The second-order valence-electron chi connectivity index (χ2n) is 10.0. The SMILES string of the molecule is CC(=O)OC[C@H]1O[C@@H](N(C(C)=O)n2c(-c3ccccc3Cl)nc3ccccc3c2=O)[C@H](OC(C)=O)[C@@H](OC(C)=O)[C@@H]1OC(C)=O. The summed E-state index contributed by atoms with van der Waals surface area (Å²) in [5.74, 6) is -4.17. The van der Waals surface area contributed by atoms with E-state index in [0.29, 0.717) is 5.52 Å². The van der Waals surface area contributed by atoms with Crippen LogP contribution in [0.5, 0.6) is 0 Å². The Hall–Kier alpha value is -4.82. The Morgan fingerprint density at radius 2 is 1.40 bits per heavy atom. The third-order valence-corrected chi connectivity index (χ3v) is 6.94. The molecule has 2 heterocycles. The molecule has 2 aromatic carbocycles. The predicted molar refractivity (Wildman–Crippen MR) is 157 cm³/mol. The molecule has 238 valence electrons. The molecule has 0 spiro atoms. The van der Waals surface area contributed by atoms with E-state index in [4.69, 9.17) is 35.3 Å². The summed E-state index contributed by atoms with van der Waals surface area (Å²) in [6.07, 6.45) is -7.86. The van der Waals surface area contributed by atoms with E-state index in [1.807, 2.05) is 0 Å². The highest BCUT2D eigenvalue weighted by molar-refractivity contribution is 6.33. The van der Waals surface area contributed by atoms with Crippen molar-refractivity contribution < 1.29 is 47.7 Å².